The summed E-state index contributed by atoms with van der Waals surface area (Å²) < 4.78 is 50.6. The number of rotatable bonds is 6. The van der Waals surface area contributed by atoms with Crippen LogP contribution in [0.3, 0.4) is 0 Å². The van der Waals surface area contributed by atoms with Crippen LogP contribution in [0.5, 0.6) is 0 Å². The minimum atomic E-state index is -2.22. The van der Waals surface area contributed by atoms with E-state index in [0.717, 1.165) is 27.6 Å². The van der Waals surface area contributed by atoms with Crippen molar-refractivity contribution in [3.8, 4) is 28.3 Å². The molecule has 10 rings (SSSR count). The van der Waals surface area contributed by atoms with Gasteiger partial charge >= 0.3 is 0 Å². The quantitative estimate of drug-likeness (QED) is 0.0944. The van der Waals surface area contributed by atoms with E-state index in [4.69, 9.17) is 13.2 Å². The van der Waals surface area contributed by atoms with E-state index >= 15 is 0 Å². The molecule has 0 aliphatic rings. The Morgan fingerprint density at radius 2 is 1.40 bits per heavy atom. The molecular weight excluding hydrogens is 1000 g/mol. The van der Waals surface area contributed by atoms with Gasteiger partial charge in [-0.15, -0.1) is 59.2 Å². The largest absolute Gasteiger partial charge is 0.333 e. The second-order valence-corrected chi connectivity index (χ2v) is 25.8. The first-order valence-electron chi connectivity index (χ1n) is 25.3. The molecule has 10 aromatic rings. The van der Waals surface area contributed by atoms with E-state index in [1.165, 1.54) is 76.2 Å². The van der Waals surface area contributed by atoms with Crippen molar-refractivity contribution in [2.75, 3.05) is 0 Å². The molecule has 0 amide bonds. The van der Waals surface area contributed by atoms with Crippen molar-refractivity contribution < 1.29 is 28.3 Å². The maximum absolute atomic E-state index is 7.81. The zero-order valence-electron chi connectivity index (χ0n) is 44.9. The molecule has 0 unspecified atom stereocenters. The van der Waals surface area contributed by atoms with Gasteiger partial charge in [-0.25, -0.2) is 0 Å². The molecule has 0 atom stereocenters. The van der Waals surface area contributed by atoms with Crippen molar-refractivity contribution in [2.45, 2.75) is 99.1 Å². The Morgan fingerprint density at radius 1 is 0.692 bits per heavy atom. The topological polar surface area (TPSA) is 30.7 Å². The predicted molar refractivity (Wildman–Crippen MR) is 281 cm³/mol. The maximum Gasteiger partial charge on any atom is 0.0798 e. The molecule has 0 aliphatic carbocycles. The fraction of sp³-hybridized carbons (Fsp3) is 0.254. The fourth-order valence-corrected chi connectivity index (χ4v) is 11.3. The number of pyridine rings is 1. The van der Waals surface area contributed by atoms with E-state index in [1.807, 2.05) is 11.3 Å². The van der Waals surface area contributed by atoms with E-state index in [-0.39, 0.29) is 31.1 Å². The average molecular weight is 1070 g/mol. The third-order valence-electron chi connectivity index (χ3n) is 12.4. The number of aromatic nitrogens is 3. The Kier molecular flexibility index (Phi) is 10.7. The number of thiophene rings is 1. The Labute approximate surface area is 412 Å². The summed E-state index contributed by atoms with van der Waals surface area (Å²) in [4.78, 5) is 9.74. The van der Waals surface area contributed by atoms with Gasteiger partial charge in [-0.2, -0.15) is 11.3 Å². The number of aryl methyl sites for hydroxylation is 2. The second-order valence-electron chi connectivity index (χ2n) is 19.7. The minimum absolute atomic E-state index is 0. The number of hydrogen-bond donors (Lipinski definition) is 0. The number of nitrogens with zero attached hydrogens (tertiary/aromatic N) is 3. The number of benzene rings is 7. The van der Waals surface area contributed by atoms with Crippen molar-refractivity contribution in [3.63, 3.8) is 0 Å². The molecule has 3 nitrogen and oxygen atoms in total. The molecule has 331 valence electrons. The van der Waals surface area contributed by atoms with Gasteiger partial charge in [-0.3, -0.25) is 4.98 Å². The van der Waals surface area contributed by atoms with Crippen LogP contribution in [-0.4, -0.2) is 22.6 Å². The van der Waals surface area contributed by atoms with Crippen LogP contribution in [0, 0.1) is 25.8 Å². The van der Waals surface area contributed by atoms with Gasteiger partial charge in [-0.05, 0) is 102 Å². The van der Waals surface area contributed by atoms with Crippen molar-refractivity contribution in [1.29, 1.82) is 0 Å². The summed E-state index contributed by atoms with van der Waals surface area (Å²) in [5, 5.41) is 8.57. The minimum Gasteiger partial charge on any atom is -0.333 e. The SMILES string of the molecule is CC(C)c1cc(C(C)(C)C)cc(C(C)C)c1-n1c(-c2[c-]cc3sc4ccc5c6ccccc6ccc5c4c3c2)nc2ccccc21.[2H]C([2H])([2H])c1c[c-]c(-c2cc(C([2H])([2H])[2H])c([Si](C)(C)C)cn2)cc1.[Ir]. The normalized spacial score (nSPS) is 13.9. The molecule has 1 radical (unpaired) electrons. The van der Waals surface area contributed by atoms with Crippen LogP contribution in [0.15, 0.2) is 128 Å². The molecule has 0 fully saturated rings. The van der Waals surface area contributed by atoms with E-state index in [0.29, 0.717) is 28.7 Å². The summed E-state index contributed by atoms with van der Waals surface area (Å²) in [7, 11) is -1.85. The maximum atomic E-state index is 7.81. The summed E-state index contributed by atoms with van der Waals surface area (Å²) in [6.45, 7) is 18.1. The van der Waals surface area contributed by atoms with Crippen LogP contribution < -0.4 is 5.19 Å². The van der Waals surface area contributed by atoms with Crippen LogP contribution in [0.4, 0.5) is 0 Å². The predicted octanol–water partition coefficient (Wildman–Crippen LogP) is 16.4. The van der Waals surface area contributed by atoms with Crippen LogP contribution in [0.2, 0.25) is 19.6 Å². The van der Waals surface area contributed by atoms with Crippen LogP contribution in [0.1, 0.15) is 96.3 Å². The Hall–Kier alpha value is -5.23. The van der Waals surface area contributed by atoms with E-state index in [1.54, 1.807) is 18.3 Å². The van der Waals surface area contributed by atoms with Gasteiger partial charge in [-0.1, -0.05) is 159 Å². The summed E-state index contributed by atoms with van der Waals surface area (Å²) >= 11 is 1.85. The van der Waals surface area contributed by atoms with Gasteiger partial charge in [0.2, 0.25) is 0 Å². The third kappa shape index (κ3) is 8.79. The van der Waals surface area contributed by atoms with E-state index in [9.17, 15) is 0 Å². The Morgan fingerprint density at radius 3 is 2.08 bits per heavy atom. The molecule has 7 aromatic carbocycles. The molecule has 0 bridgehead atoms. The standard InChI is InChI=1S/C43H39N2S.C16H20NSi.Ir/c1-25(2)33-23-29(43(5,6)7)24-34(26(3)4)41(33)45-37-15-11-10-14-36(37)44-42(45)28-17-20-38-35(22-28)40-32-18-16-27-12-8-9-13-30(27)31(32)19-21-39(40)46-38;1-12-6-8-14(9-7-12)15-10-13(2)16(11-17-15)18(3,4)5;/h8-16,18-26H,1-7H3;6-8,10-11H,1-5H3;/q2*-1;/i;1D3,2D3;. The third-order valence-corrected chi connectivity index (χ3v) is 15.5. The number of fused-ring (bicyclic) bond motifs is 8. The summed E-state index contributed by atoms with van der Waals surface area (Å²) in [5.41, 5.74) is 10.2. The Balaban J connectivity index is 0.000000230. The molecule has 3 aromatic heterocycles. The monoisotopic (exact) mass is 1070 g/mol. The molecule has 0 N–H and O–H groups in total. The average Bonchev–Trinajstić information content (AvgIpc) is 3.88. The molecular formula is C59H59IrN3SSi-2. The first-order valence-corrected chi connectivity index (χ1v) is 26.6. The van der Waals surface area contributed by atoms with Crippen LogP contribution in [0.25, 0.3) is 81.1 Å². The van der Waals surface area contributed by atoms with E-state index < -0.39 is 21.8 Å². The first-order chi connectivity index (χ1) is 32.9. The summed E-state index contributed by atoms with van der Waals surface area (Å²) in [6.07, 6.45) is 1.65. The zero-order chi connectivity index (χ0) is 50.2. The fourth-order valence-electron chi connectivity index (χ4n) is 8.91. The number of hydrogen-bond acceptors (Lipinski definition) is 3. The molecule has 6 heteroatoms. The summed E-state index contributed by atoms with van der Waals surface area (Å²) in [6, 6.07) is 48.6. The van der Waals surface area contributed by atoms with Gasteiger partial charge in [0.15, 0.2) is 0 Å². The van der Waals surface area contributed by atoms with Crippen molar-refractivity contribution >= 4 is 77.3 Å². The number of para-hydroxylation sites is 2. The van der Waals surface area contributed by atoms with Crippen LogP contribution >= 0.6 is 11.3 Å². The molecule has 65 heavy (non-hydrogen) atoms. The molecule has 0 saturated heterocycles. The van der Waals surface area contributed by atoms with Gasteiger partial charge in [0.05, 0.1) is 24.9 Å². The summed E-state index contributed by atoms with van der Waals surface area (Å²) in [5.74, 6) is 1.63. The zero-order valence-corrected chi connectivity index (χ0v) is 43.1. The molecule has 0 spiro atoms. The Bertz CT molecular complexity index is 3580. The second kappa shape index (κ2) is 17.9. The molecule has 0 saturated carbocycles. The molecule has 0 aliphatic heterocycles. The van der Waals surface area contributed by atoms with Crippen molar-refractivity contribution in [1.82, 2.24) is 14.5 Å². The first kappa shape index (κ1) is 39.0. The van der Waals surface area contributed by atoms with Crippen molar-refractivity contribution in [3.05, 3.63) is 167 Å². The van der Waals surface area contributed by atoms with E-state index in [2.05, 4.69) is 187 Å². The number of imidazole rings is 1. The van der Waals surface area contributed by atoms with Gasteiger partial charge in [0.1, 0.15) is 0 Å². The smallest absolute Gasteiger partial charge is 0.0798 e. The van der Waals surface area contributed by atoms with Crippen molar-refractivity contribution in [2.24, 2.45) is 0 Å². The molecule has 3 heterocycles. The van der Waals surface area contributed by atoms with Gasteiger partial charge < -0.3 is 9.55 Å². The van der Waals surface area contributed by atoms with Gasteiger partial charge in [0, 0.05) is 44.9 Å². The van der Waals surface area contributed by atoms with Crippen LogP contribution in [-0.2, 0) is 25.5 Å². The van der Waals surface area contributed by atoms with Gasteiger partial charge in [0.25, 0.3) is 0 Å².